The molecule has 284 valence electrons. The van der Waals surface area contributed by atoms with E-state index in [1.165, 1.54) is 167 Å². The maximum atomic E-state index is 12.1. The van der Waals surface area contributed by atoms with Gasteiger partial charge in [0.25, 0.3) is 0 Å². The van der Waals surface area contributed by atoms with Gasteiger partial charge in [-0.3, -0.25) is 0 Å². The Morgan fingerprint density at radius 3 is 0.812 bits per heavy atom. The molecule has 48 heavy (non-hydrogen) atoms. The molecule has 0 aromatic heterocycles. The third-order valence-corrected chi connectivity index (χ3v) is 11.0. The van der Waals surface area contributed by atoms with Crippen molar-refractivity contribution in [2.24, 2.45) is 11.8 Å². The maximum Gasteiger partial charge on any atom is 0.332 e. The number of carboxylic acids is 2. The average Bonchev–Trinajstić information content (AvgIpc) is 3.07. The normalized spacial score (nSPS) is 13.4. The van der Waals surface area contributed by atoms with Crippen molar-refractivity contribution in [3.63, 3.8) is 0 Å². The predicted octanol–water partition coefficient (Wildman–Crippen LogP) is 15.0. The third kappa shape index (κ3) is 28.5. The zero-order chi connectivity index (χ0) is 35.5. The van der Waals surface area contributed by atoms with Crippen LogP contribution in [0.5, 0.6) is 0 Å². The molecule has 0 aliphatic carbocycles. The molecule has 0 aliphatic rings. The third-order valence-electron chi connectivity index (χ3n) is 11.0. The Hall–Kier alpha value is -1.32. The van der Waals surface area contributed by atoms with Crippen LogP contribution in [-0.2, 0) is 9.59 Å². The first-order valence-corrected chi connectivity index (χ1v) is 21.6. The molecule has 0 amide bonds. The minimum absolute atomic E-state index is 0.147. The second-order valence-electron chi connectivity index (χ2n) is 15.3. The van der Waals surface area contributed by atoms with Gasteiger partial charge in [0.05, 0.1) is 0 Å². The van der Waals surface area contributed by atoms with Gasteiger partial charge in [-0.05, 0) is 37.5 Å². The molecule has 0 spiro atoms. The van der Waals surface area contributed by atoms with Crippen molar-refractivity contribution in [2.45, 2.75) is 246 Å². The number of unbranched alkanes of at least 4 members (excludes halogenated alkanes) is 22. The molecule has 4 nitrogen and oxygen atoms in total. The van der Waals surface area contributed by atoms with Crippen LogP contribution in [0.15, 0.2) is 11.1 Å². The van der Waals surface area contributed by atoms with E-state index in [0.717, 1.165) is 38.5 Å². The summed E-state index contributed by atoms with van der Waals surface area (Å²) in [5.74, 6) is -0.667. The second kappa shape index (κ2) is 35.5. The van der Waals surface area contributed by atoms with Gasteiger partial charge in [-0.2, -0.15) is 0 Å². The zero-order valence-corrected chi connectivity index (χ0v) is 32.9. The fraction of sp³-hybridized carbons (Fsp3) is 0.909. The molecule has 4 heteroatoms. The van der Waals surface area contributed by atoms with Crippen LogP contribution < -0.4 is 0 Å². The van der Waals surface area contributed by atoms with Crippen LogP contribution in [0.3, 0.4) is 0 Å². The highest BCUT2D eigenvalue weighted by Gasteiger charge is 2.20. The van der Waals surface area contributed by atoms with Crippen LogP contribution in [0.4, 0.5) is 0 Å². The van der Waals surface area contributed by atoms with Gasteiger partial charge in [0.15, 0.2) is 0 Å². The summed E-state index contributed by atoms with van der Waals surface area (Å²) in [6, 6.07) is 0. The Balaban J connectivity index is 4.27. The summed E-state index contributed by atoms with van der Waals surface area (Å²) in [6.07, 6.45) is 41.6. The fourth-order valence-corrected chi connectivity index (χ4v) is 7.54. The molecule has 0 radical (unpaired) electrons. The summed E-state index contributed by atoms with van der Waals surface area (Å²) in [6.45, 7) is 9.10. The summed E-state index contributed by atoms with van der Waals surface area (Å²) >= 11 is 0. The largest absolute Gasteiger partial charge is 0.478 e. The molecule has 0 saturated carbocycles. The van der Waals surface area contributed by atoms with Gasteiger partial charge < -0.3 is 10.2 Å². The van der Waals surface area contributed by atoms with Gasteiger partial charge in [-0.25, -0.2) is 9.59 Å². The molecule has 0 rings (SSSR count). The van der Waals surface area contributed by atoms with Crippen molar-refractivity contribution in [1.29, 1.82) is 0 Å². The van der Waals surface area contributed by atoms with Crippen LogP contribution in [-0.4, -0.2) is 22.2 Å². The summed E-state index contributed by atoms with van der Waals surface area (Å²) in [7, 11) is 0. The molecule has 2 unspecified atom stereocenters. The predicted molar refractivity (Wildman–Crippen MR) is 209 cm³/mol. The molecule has 2 N–H and O–H groups in total. The topological polar surface area (TPSA) is 74.6 Å². The van der Waals surface area contributed by atoms with Crippen LogP contribution in [0.1, 0.15) is 246 Å². The monoisotopic (exact) mass is 677 g/mol. The number of rotatable bonds is 38. The highest BCUT2D eigenvalue weighted by molar-refractivity contribution is 5.98. The van der Waals surface area contributed by atoms with E-state index in [1.807, 2.05) is 0 Å². The van der Waals surface area contributed by atoms with Crippen molar-refractivity contribution in [3.05, 3.63) is 11.1 Å². The van der Waals surface area contributed by atoms with Crippen molar-refractivity contribution in [1.82, 2.24) is 0 Å². The molecule has 0 heterocycles. The Bertz CT molecular complexity index is 695. The lowest BCUT2D eigenvalue weighted by Gasteiger charge is -2.16. The van der Waals surface area contributed by atoms with Crippen LogP contribution in [0.2, 0.25) is 0 Å². The number of hydrogen-bond acceptors (Lipinski definition) is 2. The molecule has 0 bridgehead atoms. The summed E-state index contributed by atoms with van der Waals surface area (Å²) in [5, 5.41) is 19.8. The number of aliphatic carboxylic acids is 2. The number of carboxylic acid groups (broad SMARTS) is 2. The molecular formula is C44H84O4. The Kier molecular flexibility index (Phi) is 34.5. The smallest absolute Gasteiger partial charge is 0.332 e. The molecule has 0 fully saturated rings. The molecule has 2 atom stereocenters. The molecule has 0 aliphatic heterocycles. The highest BCUT2D eigenvalue weighted by atomic mass is 16.4. The van der Waals surface area contributed by atoms with Crippen LogP contribution in [0, 0.1) is 11.8 Å². The molecule has 0 saturated heterocycles. The molecule has 0 aromatic carbocycles. The van der Waals surface area contributed by atoms with Gasteiger partial charge in [-0.15, -0.1) is 0 Å². The van der Waals surface area contributed by atoms with Crippen molar-refractivity contribution in [2.75, 3.05) is 0 Å². The van der Waals surface area contributed by atoms with E-state index in [9.17, 15) is 19.8 Å². The molecular weight excluding hydrogens is 592 g/mol. The van der Waals surface area contributed by atoms with Gasteiger partial charge in [0.2, 0.25) is 0 Å². The number of carbonyl (C=O) groups is 2. The van der Waals surface area contributed by atoms with E-state index >= 15 is 0 Å². The van der Waals surface area contributed by atoms with Crippen molar-refractivity contribution < 1.29 is 19.8 Å². The summed E-state index contributed by atoms with van der Waals surface area (Å²) < 4.78 is 0. The quantitative estimate of drug-likeness (QED) is 0.0504. The Morgan fingerprint density at radius 1 is 0.354 bits per heavy atom. The average molecular weight is 677 g/mol. The lowest BCUT2D eigenvalue weighted by atomic mass is 9.90. The van der Waals surface area contributed by atoms with Crippen molar-refractivity contribution >= 4 is 11.9 Å². The van der Waals surface area contributed by atoms with E-state index < -0.39 is 11.9 Å². The summed E-state index contributed by atoms with van der Waals surface area (Å²) in [4.78, 5) is 24.2. The standard InChI is InChI=1S/C44H84O4/c1-5-9-11-13-15-17-19-21-23-25-27-33-39(7-3)35-29-31-37-41(43(45)46)42(44(47)48)38-32-30-36-40(8-4)34-28-26-24-22-20-18-16-14-12-10-6-2/h39-40H,5-38H2,1-4H3,(H,45,46)(H,47,48). The van der Waals surface area contributed by atoms with Crippen LogP contribution in [0.25, 0.3) is 0 Å². The van der Waals surface area contributed by atoms with E-state index in [4.69, 9.17) is 0 Å². The van der Waals surface area contributed by atoms with E-state index in [1.54, 1.807) is 0 Å². The SMILES string of the molecule is CCCCCCCCCCCCCC(CC)CCCCC(C(=O)O)=C(CCCCC(CC)CCCCCCCCCCCCC)C(=O)O. The maximum absolute atomic E-state index is 12.1. The lowest BCUT2D eigenvalue weighted by molar-refractivity contribution is -0.136. The van der Waals surface area contributed by atoms with Gasteiger partial charge in [0.1, 0.15) is 0 Å². The van der Waals surface area contributed by atoms with Crippen LogP contribution >= 0.6 is 0 Å². The van der Waals surface area contributed by atoms with Crippen molar-refractivity contribution in [3.8, 4) is 0 Å². The second-order valence-corrected chi connectivity index (χ2v) is 15.3. The van der Waals surface area contributed by atoms with E-state index in [2.05, 4.69) is 27.7 Å². The van der Waals surface area contributed by atoms with Gasteiger partial charge in [-0.1, -0.05) is 220 Å². The van der Waals surface area contributed by atoms with Gasteiger partial charge in [0, 0.05) is 11.1 Å². The minimum Gasteiger partial charge on any atom is -0.478 e. The zero-order valence-electron chi connectivity index (χ0n) is 32.9. The first kappa shape index (κ1) is 46.7. The summed E-state index contributed by atoms with van der Waals surface area (Å²) in [5.41, 5.74) is 0.294. The fourth-order valence-electron chi connectivity index (χ4n) is 7.54. The van der Waals surface area contributed by atoms with E-state index in [0.29, 0.717) is 24.7 Å². The lowest BCUT2D eigenvalue weighted by Crippen LogP contribution is -2.12. The highest BCUT2D eigenvalue weighted by Crippen LogP contribution is 2.26. The minimum atomic E-state index is -1.04. The Labute approximate surface area is 300 Å². The van der Waals surface area contributed by atoms with E-state index in [-0.39, 0.29) is 11.1 Å². The first-order valence-electron chi connectivity index (χ1n) is 21.6. The first-order chi connectivity index (χ1) is 23.4. The number of hydrogen-bond donors (Lipinski definition) is 2. The molecule has 0 aromatic rings. The Morgan fingerprint density at radius 2 is 0.583 bits per heavy atom. The van der Waals surface area contributed by atoms with Gasteiger partial charge >= 0.3 is 11.9 Å².